The minimum Gasteiger partial charge on any atom is -0.396 e. The third-order valence-corrected chi connectivity index (χ3v) is 2.86. The van der Waals surface area contributed by atoms with Crippen molar-refractivity contribution < 1.29 is 5.11 Å². The Morgan fingerprint density at radius 1 is 1.47 bits per heavy atom. The SMILES string of the molecule is Cl.N[C@@H](CCCO)c1ccc(Br)cc1Cl. The highest BCUT2D eigenvalue weighted by Gasteiger charge is 2.09. The standard InChI is InChI=1S/C10H13BrClNO.ClH/c11-7-3-4-8(9(12)6-7)10(13)2-1-5-14;/h3-4,6,10,14H,1-2,5,13H2;1H/t10-;/m0./s1. The molecule has 1 atom stereocenters. The minimum atomic E-state index is -0.0947. The van der Waals surface area contributed by atoms with Crippen LogP contribution in [-0.2, 0) is 0 Å². The van der Waals surface area contributed by atoms with Crippen molar-refractivity contribution in [1.82, 2.24) is 0 Å². The average Bonchev–Trinajstić information content (AvgIpc) is 2.14. The van der Waals surface area contributed by atoms with Gasteiger partial charge in [0.1, 0.15) is 0 Å². The van der Waals surface area contributed by atoms with E-state index >= 15 is 0 Å². The Bertz CT molecular complexity index is 309. The molecule has 1 rings (SSSR count). The molecular weight excluding hydrogens is 301 g/mol. The third kappa shape index (κ3) is 4.70. The van der Waals surface area contributed by atoms with Gasteiger partial charge in [0.2, 0.25) is 0 Å². The van der Waals surface area contributed by atoms with Crippen molar-refractivity contribution in [3.63, 3.8) is 0 Å². The zero-order chi connectivity index (χ0) is 10.6. The first-order chi connectivity index (χ1) is 6.65. The van der Waals surface area contributed by atoms with Crippen LogP contribution in [0, 0.1) is 0 Å². The van der Waals surface area contributed by atoms with Crippen LogP contribution in [0.3, 0.4) is 0 Å². The molecule has 0 unspecified atom stereocenters. The highest BCUT2D eigenvalue weighted by atomic mass is 79.9. The van der Waals surface area contributed by atoms with Crippen LogP contribution in [0.25, 0.3) is 0 Å². The Hall–Kier alpha value is 0.200. The van der Waals surface area contributed by atoms with Crippen molar-refractivity contribution in [2.75, 3.05) is 6.61 Å². The molecule has 0 radical (unpaired) electrons. The fraction of sp³-hybridized carbons (Fsp3) is 0.400. The molecule has 0 heterocycles. The molecule has 86 valence electrons. The van der Waals surface area contributed by atoms with Gasteiger partial charge in [0, 0.05) is 22.1 Å². The van der Waals surface area contributed by atoms with Gasteiger partial charge in [-0.3, -0.25) is 0 Å². The largest absolute Gasteiger partial charge is 0.396 e. The molecule has 15 heavy (non-hydrogen) atoms. The van der Waals surface area contributed by atoms with Gasteiger partial charge >= 0.3 is 0 Å². The number of nitrogens with two attached hydrogens (primary N) is 1. The number of aliphatic hydroxyl groups is 1. The topological polar surface area (TPSA) is 46.2 Å². The Morgan fingerprint density at radius 3 is 2.67 bits per heavy atom. The molecule has 0 saturated carbocycles. The molecule has 0 spiro atoms. The summed E-state index contributed by atoms with van der Waals surface area (Å²) in [5, 5.41) is 9.35. The van der Waals surface area contributed by atoms with E-state index < -0.39 is 0 Å². The molecule has 5 heteroatoms. The van der Waals surface area contributed by atoms with E-state index in [1.54, 1.807) is 0 Å². The van der Waals surface area contributed by atoms with Crippen molar-refractivity contribution >= 4 is 39.9 Å². The Balaban J connectivity index is 0.00000196. The van der Waals surface area contributed by atoms with Crippen LogP contribution < -0.4 is 5.73 Å². The maximum atomic E-state index is 8.68. The molecule has 0 aromatic heterocycles. The lowest BCUT2D eigenvalue weighted by Gasteiger charge is -2.13. The quantitative estimate of drug-likeness (QED) is 0.895. The van der Waals surface area contributed by atoms with Gasteiger partial charge in [-0.1, -0.05) is 33.6 Å². The van der Waals surface area contributed by atoms with Crippen molar-refractivity contribution in [3.05, 3.63) is 33.3 Å². The summed E-state index contributed by atoms with van der Waals surface area (Å²) in [6.07, 6.45) is 1.45. The smallest absolute Gasteiger partial charge is 0.0464 e. The molecule has 1 aromatic carbocycles. The molecular formula is C10H14BrCl2NO. The van der Waals surface area contributed by atoms with Crippen molar-refractivity contribution in [2.24, 2.45) is 5.73 Å². The van der Waals surface area contributed by atoms with Gasteiger partial charge in [-0.05, 0) is 30.5 Å². The van der Waals surface area contributed by atoms with Crippen LogP contribution in [-0.4, -0.2) is 11.7 Å². The van der Waals surface area contributed by atoms with Crippen LogP contribution in [0.15, 0.2) is 22.7 Å². The maximum absolute atomic E-state index is 8.68. The highest BCUT2D eigenvalue weighted by Crippen LogP contribution is 2.27. The van der Waals surface area contributed by atoms with Crippen LogP contribution in [0.5, 0.6) is 0 Å². The van der Waals surface area contributed by atoms with Crippen molar-refractivity contribution in [1.29, 1.82) is 0 Å². The predicted octanol–water partition coefficient (Wildman–Crippen LogP) is 3.30. The Labute approximate surface area is 109 Å². The van der Waals surface area contributed by atoms with Gasteiger partial charge in [-0.2, -0.15) is 0 Å². The third-order valence-electron chi connectivity index (χ3n) is 2.04. The number of aliphatic hydroxyl groups excluding tert-OH is 1. The minimum absolute atomic E-state index is 0. The summed E-state index contributed by atoms with van der Waals surface area (Å²) in [4.78, 5) is 0. The van der Waals surface area contributed by atoms with E-state index in [1.807, 2.05) is 18.2 Å². The van der Waals surface area contributed by atoms with Gasteiger partial charge in [-0.15, -0.1) is 12.4 Å². The van der Waals surface area contributed by atoms with E-state index in [0.29, 0.717) is 11.4 Å². The highest BCUT2D eigenvalue weighted by molar-refractivity contribution is 9.10. The van der Waals surface area contributed by atoms with E-state index in [2.05, 4.69) is 15.9 Å². The number of hydrogen-bond acceptors (Lipinski definition) is 2. The van der Waals surface area contributed by atoms with Crippen molar-refractivity contribution in [2.45, 2.75) is 18.9 Å². The lowest BCUT2D eigenvalue weighted by atomic mass is 10.0. The molecule has 0 aliphatic carbocycles. The lowest BCUT2D eigenvalue weighted by molar-refractivity contribution is 0.280. The molecule has 0 aliphatic heterocycles. The van der Waals surface area contributed by atoms with Gasteiger partial charge in [0.05, 0.1) is 0 Å². The van der Waals surface area contributed by atoms with Crippen LogP contribution >= 0.6 is 39.9 Å². The van der Waals surface area contributed by atoms with E-state index in [1.165, 1.54) is 0 Å². The number of rotatable bonds is 4. The second-order valence-corrected chi connectivity index (χ2v) is 4.46. The van der Waals surface area contributed by atoms with Crippen LogP contribution in [0.4, 0.5) is 0 Å². The summed E-state index contributed by atoms with van der Waals surface area (Å²) in [6, 6.07) is 5.56. The summed E-state index contributed by atoms with van der Waals surface area (Å²) in [7, 11) is 0. The normalized spacial score (nSPS) is 12.0. The lowest BCUT2D eigenvalue weighted by Crippen LogP contribution is -2.11. The fourth-order valence-corrected chi connectivity index (χ4v) is 2.08. The first-order valence-electron chi connectivity index (χ1n) is 4.46. The second-order valence-electron chi connectivity index (χ2n) is 3.14. The second kappa shape index (κ2) is 7.47. The molecule has 0 bridgehead atoms. The molecule has 3 N–H and O–H groups in total. The molecule has 2 nitrogen and oxygen atoms in total. The summed E-state index contributed by atoms with van der Waals surface area (Å²) in [5.74, 6) is 0. The van der Waals surface area contributed by atoms with E-state index in [0.717, 1.165) is 16.5 Å². The number of hydrogen-bond donors (Lipinski definition) is 2. The van der Waals surface area contributed by atoms with E-state index in [-0.39, 0.29) is 25.1 Å². The molecule has 0 aliphatic rings. The van der Waals surface area contributed by atoms with E-state index in [4.69, 9.17) is 22.4 Å². The molecule has 0 fully saturated rings. The van der Waals surface area contributed by atoms with Crippen molar-refractivity contribution in [3.8, 4) is 0 Å². The number of halogens is 3. The summed E-state index contributed by atoms with van der Waals surface area (Å²) < 4.78 is 0.945. The number of benzene rings is 1. The van der Waals surface area contributed by atoms with Gasteiger partial charge in [0.25, 0.3) is 0 Å². The van der Waals surface area contributed by atoms with Crippen LogP contribution in [0.1, 0.15) is 24.4 Å². The molecule has 0 saturated heterocycles. The molecule has 0 amide bonds. The Kier molecular flexibility index (Phi) is 7.57. The monoisotopic (exact) mass is 313 g/mol. The summed E-state index contributed by atoms with van der Waals surface area (Å²) in [6.45, 7) is 0.168. The van der Waals surface area contributed by atoms with Gasteiger partial charge < -0.3 is 10.8 Å². The summed E-state index contributed by atoms with van der Waals surface area (Å²) >= 11 is 9.36. The predicted molar refractivity (Wildman–Crippen MR) is 69.6 cm³/mol. The zero-order valence-electron chi connectivity index (χ0n) is 8.12. The average molecular weight is 315 g/mol. The van der Waals surface area contributed by atoms with E-state index in [9.17, 15) is 0 Å². The molecule has 1 aromatic rings. The van der Waals surface area contributed by atoms with Crippen LogP contribution in [0.2, 0.25) is 5.02 Å². The Morgan fingerprint density at radius 2 is 2.13 bits per heavy atom. The fourth-order valence-electron chi connectivity index (χ4n) is 1.27. The maximum Gasteiger partial charge on any atom is 0.0464 e. The first kappa shape index (κ1) is 15.2. The zero-order valence-corrected chi connectivity index (χ0v) is 11.3. The summed E-state index contributed by atoms with van der Waals surface area (Å²) in [5.41, 5.74) is 6.85. The van der Waals surface area contributed by atoms with Gasteiger partial charge in [0.15, 0.2) is 0 Å². The first-order valence-corrected chi connectivity index (χ1v) is 5.63. The van der Waals surface area contributed by atoms with Gasteiger partial charge in [-0.25, -0.2) is 0 Å².